The summed E-state index contributed by atoms with van der Waals surface area (Å²) in [5.74, 6) is 0. The van der Waals surface area contributed by atoms with Gasteiger partial charge in [0, 0.05) is 6.04 Å². The number of rotatable bonds is 3. The van der Waals surface area contributed by atoms with Gasteiger partial charge in [-0.25, -0.2) is 0 Å². The second kappa shape index (κ2) is 3.69. The Morgan fingerprint density at radius 2 is 2.45 bits per heavy atom. The largest absolute Gasteiger partial charge is 0.324 e. The van der Waals surface area contributed by atoms with Gasteiger partial charge in [0.25, 0.3) is 0 Å². The van der Waals surface area contributed by atoms with Crippen LogP contribution in [0.5, 0.6) is 0 Å². The van der Waals surface area contributed by atoms with Gasteiger partial charge in [-0.15, -0.1) is 6.58 Å². The van der Waals surface area contributed by atoms with E-state index in [0.717, 1.165) is 6.42 Å². The summed E-state index contributed by atoms with van der Waals surface area (Å²) in [5.41, 5.74) is 8.44. The van der Waals surface area contributed by atoms with E-state index >= 15 is 0 Å². The average molecular weight is 167 g/mol. The number of thiophene rings is 1. The van der Waals surface area contributed by atoms with Crippen LogP contribution in [0.15, 0.2) is 23.4 Å². The summed E-state index contributed by atoms with van der Waals surface area (Å²) < 4.78 is 0. The molecule has 1 unspecified atom stereocenters. The lowest BCUT2D eigenvalue weighted by atomic mass is 10.1. The molecule has 0 aromatic carbocycles. The minimum absolute atomic E-state index is 0.138. The number of aryl methyl sites for hydroxylation is 1. The predicted molar refractivity (Wildman–Crippen MR) is 50.8 cm³/mol. The zero-order valence-electron chi connectivity index (χ0n) is 6.71. The molecule has 0 radical (unpaired) electrons. The molecular weight excluding hydrogens is 154 g/mol. The molecule has 2 heteroatoms. The third-order valence-corrected chi connectivity index (χ3v) is 2.59. The van der Waals surface area contributed by atoms with E-state index in [0.29, 0.717) is 0 Å². The third-order valence-electron chi connectivity index (χ3n) is 1.72. The lowest BCUT2D eigenvalue weighted by Gasteiger charge is -2.07. The molecular formula is C9H13NS. The molecule has 11 heavy (non-hydrogen) atoms. The van der Waals surface area contributed by atoms with Gasteiger partial charge in [-0.2, -0.15) is 11.3 Å². The minimum atomic E-state index is 0.138. The Hall–Kier alpha value is -0.600. The Bertz CT molecular complexity index is 239. The Morgan fingerprint density at radius 1 is 1.73 bits per heavy atom. The Morgan fingerprint density at radius 3 is 2.91 bits per heavy atom. The first-order valence-electron chi connectivity index (χ1n) is 3.65. The quantitative estimate of drug-likeness (QED) is 0.688. The zero-order chi connectivity index (χ0) is 8.27. The second-order valence-electron chi connectivity index (χ2n) is 2.64. The zero-order valence-corrected chi connectivity index (χ0v) is 7.53. The van der Waals surface area contributed by atoms with Crippen molar-refractivity contribution in [2.45, 2.75) is 19.4 Å². The van der Waals surface area contributed by atoms with Crippen molar-refractivity contribution in [3.63, 3.8) is 0 Å². The summed E-state index contributed by atoms with van der Waals surface area (Å²) in [5, 5.41) is 4.24. The van der Waals surface area contributed by atoms with Crippen molar-refractivity contribution in [2.75, 3.05) is 0 Å². The van der Waals surface area contributed by atoms with Gasteiger partial charge in [0.15, 0.2) is 0 Å². The molecule has 0 saturated carbocycles. The first kappa shape index (κ1) is 8.50. The average Bonchev–Trinajstić information content (AvgIpc) is 2.36. The van der Waals surface area contributed by atoms with Crippen molar-refractivity contribution >= 4 is 11.3 Å². The summed E-state index contributed by atoms with van der Waals surface area (Å²) in [6, 6.07) is 0.138. The van der Waals surface area contributed by atoms with Crippen molar-refractivity contribution in [3.05, 3.63) is 34.5 Å². The lowest BCUT2D eigenvalue weighted by Crippen LogP contribution is -2.08. The molecule has 1 aromatic rings. The molecule has 1 aromatic heterocycles. The van der Waals surface area contributed by atoms with E-state index in [-0.39, 0.29) is 6.04 Å². The molecule has 1 rings (SSSR count). The van der Waals surface area contributed by atoms with Crippen LogP contribution in [0.25, 0.3) is 0 Å². The van der Waals surface area contributed by atoms with Gasteiger partial charge in [0.2, 0.25) is 0 Å². The van der Waals surface area contributed by atoms with Crippen molar-refractivity contribution < 1.29 is 0 Å². The van der Waals surface area contributed by atoms with Crippen molar-refractivity contribution in [1.29, 1.82) is 0 Å². The first-order valence-corrected chi connectivity index (χ1v) is 4.59. The molecule has 0 fully saturated rings. The van der Waals surface area contributed by atoms with Crippen LogP contribution in [-0.2, 0) is 0 Å². The van der Waals surface area contributed by atoms with E-state index in [1.165, 1.54) is 11.1 Å². The Kier molecular flexibility index (Phi) is 2.85. The molecule has 0 aliphatic heterocycles. The van der Waals surface area contributed by atoms with E-state index in [4.69, 9.17) is 5.73 Å². The molecule has 1 nitrogen and oxygen atoms in total. The standard InChI is InChI=1S/C9H13NS/c1-3-4-9(10)8-6-11-5-7(8)2/h3,5-6,9H,1,4,10H2,2H3. The van der Waals surface area contributed by atoms with Crippen LogP contribution in [0.2, 0.25) is 0 Å². The summed E-state index contributed by atoms with van der Waals surface area (Å²) in [6.07, 6.45) is 2.72. The maximum atomic E-state index is 5.89. The Labute approximate surface area is 71.5 Å². The van der Waals surface area contributed by atoms with Crippen LogP contribution in [0.3, 0.4) is 0 Å². The molecule has 1 atom stereocenters. The van der Waals surface area contributed by atoms with Crippen molar-refractivity contribution in [3.8, 4) is 0 Å². The highest BCUT2D eigenvalue weighted by molar-refractivity contribution is 7.08. The normalized spacial score (nSPS) is 12.9. The van der Waals surface area contributed by atoms with Gasteiger partial charge in [-0.1, -0.05) is 6.08 Å². The van der Waals surface area contributed by atoms with E-state index in [1.807, 2.05) is 6.08 Å². The molecule has 0 saturated heterocycles. The van der Waals surface area contributed by atoms with Gasteiger partial charge in [0.05, 0.1) is 0 Å². The van der Waals surface area contributed by atoms with Crippen molar-refractivity contribution in [1.82, 2.24) is 0 Å². The predicted octanol–water partition coefficient (Wildman–Crippen LogP) is 2.63. The van der Waals surface area contributed by atoms with Crippen molar-refractivity contribution in [2.24, 2.45) is 5.73 Å². The molecule has 0 bridgehead atoms. The second-order valence-corrected chi connectivity index (χ2v) is 3.38. The summed E-state index contributed by atoms with van der Waals surface area (Å²) in [4.78, 5) is 0. The lowest BCUT2D eigenvalue weighted by molar-refractivity contribution is 0.740. The minimum Gasteiger partial charge on any atom is -0.324 e. The highest BCUT2D eigenvalue weighted by Gasteiger charge is 2.06. The fraction of sp³-hybridized carbons (Fsp3) is 0.333. The van der Waals surface area contributed by atoms with Gasteiger partial charge >= 0.3 is 0 Å². The summed E-state index contributed by atoms with van der Waals surface area (Å²) >= 11 is 1.71. The van der Waals surface area contributed by atoms with Gasteiger partial charge in [-0.05, 0) is 35.2 Å². The van der Waals surface area contributed by atoms with Crippen LogP contribution in [0.4, 0.5) is 0 Å². The summed E-state index contributed by atoms with van der Waals surface area (Å²) in [7, 11) is 0. The molecule has 60 valence electrons. The smallest absolute Gasteiger partial charge is 0.0340 e. The first-order chi connectivity index (χ1) is 5.25. The highest BCUT2D eigenvalue weighted by Crippen LogP contribution is 2.22. The number of hydrogen-bond donors (Lipinski definition) is 1. The molecule has 0 spiro atoms. The molecule has 0 amide bonds. The van der Waals surface area contributed by atoms with E-state index in [2.05, 4.69) is 24.3 Å². The molecule has 0 aliphatic rings. The monoisotopic (exact) mass is 167 g/mol. The molecule has 1 heterocycles. The SMILES string of the molecule is C=CCC(N)c1cscc1C. The van der Waals surface area contributed by atoms with E-state index < -0.39 is 0 Å². The van der Waals surface area contributed by atoms with Crippen LogP contribution in [-0.4, -0.2) is 0 Å². The Balaban J connectivity index is 2.74. The third kappa shape index (κ3) is 1.91. The van der Waals surface area contributed by atoms with E-state index in [1.54, 1.807) is 11.3 Å². The molecule has 0 aliphatic carbocycles. The fourth-order valence-corrected chi connectivity index (χ4v) is 1.97. The molecule has 2 N–H and O–H groups in total. The van der Waals surface area contributed by atoms with Gasteiger partial charge in [0.1, 0.15) is 0 Å². The maximum Gasteiger partial charge on any atom is 0.0340 e. The van der Waals surface area contributed by atoms with Gasteiger partial charge < -0.3 is 5.73 Å². The van der Waals surface area contributed by atoms with E-state index in [9.17, 15) is 0 Å². The van der Waals surface area contributed by atoms with Crippen LogP contribution < -0.4 is 5.73 Å². The fourth-order valence-electron chi connectivity index (χ4n) is 1.06. The van der Waals surface area contributed by atoms with Crippen LogP contribution in [0.1, 0.15) is 23.6 Å². The number of nitrogens with two attached hydrogens (primary N) is 1. The van der Waals surface area contributed by atoms with Gasteiger partial charge in [-0.3, -0.25) is 0 Å². The number of hydrogen-bond acceptors (Lipinski definition) is 2. The topological polar surface area (TPSA) is 26.0 Å². The maximum absolute atomic E-state index is 5.89. The van der Waals surface area contributed by atoms with Crippen LogP contribution in [0, 0.1) is 6.92 Å². The van der Waals surface area contributed by atoms with Crippen LogP contribution >= 0.6 is 11.3 Å². The summed E-state index contributed by atoms with van der Waals surface area (Å²) in [6.45, 7) is 5.76. The highest BCUT2D eigenvalue weighted by atomic mass is 32.1.